The lowest BCUT2D eigenvalue weighted by atomic mass is 10.3. The van der Waals surface area contributed by atoms with Crippen LogP contribution in [0.2, 0.25) is 5.15 Å². The Balaban J connectivity index is 2.27. The molecule has 1 N–H and O–H groups in total. The Labute approximate surface area is 106 Å². The van der Waals surface area contributed by atoms with Crippen molar-refractivity contribution in [3.05, 3.63) is 53.1 Å². The summed E-state index contributed by atoms with van der Waals surface area (Å²) in [5.74, 6) is -2.55. The van der Waals surface area contributed by atoms with Gasteiger partial charge in [0.25, 0.3) is 5.91 Å². The molecule has 0 unspecified atom stereocenters. The third kappa shape index (κ3) is 2.60. The zero-order chi connectivity index (χ0) is 13.1. The van der Waals surface area contributed by atoms with E-state index in [2.05, 4.69) is 15.3 Å². The molecule has 0 bridgehead atoms. The number of nitrogens with zero attached hydrogens (tertiary/aromatic N) is 2. The molecule has 0 radical (unpaired) electrons. The molecule has 92 valence electrons. The van der Waals surface area contributed by atoms with Crippen molar-refractivity contribution in [3.63, 3.8) is 0 Å². The third-order valence-corrected chi connectivity index (χ3v) is 2.22. The lowest BCUT2D eigenvalue weighted by molar-refractivity contribution is 0.102. The van der Waals surface area contributed by atoms with Crippen LogP contribution < -0.4 is 5.32 Å². The molecule has 0 aliphatic rings. The van der Waals surface area contributed by atoms with Gasteiger partial charge in [-0.25, -0.2) is 13.8 Å². The van der Waals surface area contributed by atoms with Gasteiger partial charge in [-0.1, -0.05) is 17.7 Å². The summed E-state index contributed by atoms with van der Waals surface area (Å²) in [6.45, 7) is 0. The van der Waals surface area contributed by atoms with Gasteiger partial charge in [0.15, 0.2) is 0 Å². The van der Waals surface area contributed by atoms with E-state index in [-0.39, 0.29) is 10.8 Å². The zero-order valence-corrected chi connectivity index (χ0v) is 9.58. The van der Waals surface area contributed by atoms with Crippen LogP contribution in [-0.2, 0) is 0 Å². The number of halogens is 3. The monoisotopic (exact) mass is 269 g/mol. The molecule has 0 fully saturated rings. The highest BCUT2D eigenvalue weighted by atomic mass is 35.5. The molecular formula is C11H6ClF2N3O. The van der Waals surface area contributed by atoms with E-state index in [1.807, 2.05) is 0 Å². The Morgan fingerprint density at radius 1 is 1.22 bits per heavy atom. The first-order chi connectivity index (χ1) is 8.58. The van der Waals surface area contributed by atoms with Crippen molar-refractivity contribution in [2.45, 2.75) is 0 Å². The second kappa shape index (κ2) is 5.05. The molecule has 7 heteroatoms. The van der Waals surface area contributed by atoms with Crippen molar-refractivity contribution >= 4 is 23.2 Å². The summed E-state index contributed by atoms with van der Waals surface area (Å²) in [5.41, 5.74) is -0.672. The van der Waals surface area contributed by atoms with Crippen molar-refractivity contribution in [1.82, 2.24) is 9.97 Å². The van der Waals surface area contributed by atoms with Crippen LogP contribution >= 0.6 is 11.6 Å². The minimum atomic E-state index is -0.877. The number of carbonyl (C=O) groups is 1. The maximum atomic E-state index is 13.3. The summed E-state index contributed by atoms with van der Waals surface area (Å²) >= 11 is 5.55. The summed E-state index contributed by atoms with van der Waals surface area (Å²) in [6.07, 6.45) is 2.38. The van der Waals surface area contributed by atoms with Crippen LogP contribution in [0.4, 0.5) is 14.5 Å². The molecule has 2 aromatic rings. The number of hydrogen-bond acceptors (Lipinski definition) is 3. The smallest absolute Gasteiger partial charge is 0.276 e. The summed E-state index contributed by atoms with van der Waals surface area (Å²) in [5, 5.41) is 2.08. The van der Waals surface area contributed by atoms with E-state index in [0.29, 0.717) is 0 Å². The second-order valence-electron chi connectivity index (χ2n) is 3.28. The molecule has 2 rings (SSSR count). The number of amides is 1. The van der Waals surface area contributed by atoms with Gasteiger partial charge in [0, 0.05) is 0 Å². The number of nitrogens with one attached hydrogen (secondary N) is 1. The summed E-state index contributed by atoms with van der Waals surface area (Å²) in [6, 6.07) is 3.25. The molecule has 0 saturated heterocycles. The molecule has 1 aromatic heterocycles. The lowest BCUT2D eigenvalue weighted by Gasteiger charge is -2.06. The van der Waals surface area contributed by atoms with E-state index in [4.69, 9.17) is 11.6 Å². The van der Waals surface area contributed by atoms with E-state index in [9.17, 15) is 13.6 Å². The molecule has 0 spiro atoms. The third-order valence-electron chi connectivity index (χ3n) is 2.04. The van der Waals surface area contributed by atoms with Crippen molar-refractivity contribution < 1.29 is 13.6 Å². The maximum absolute atomic E-state index is 13.3. The van der Waals surface area contributed by atoms with Crippen molar-refractivity contribution in [2.24, 2.45) is 0 Å². The van der Waals surface area contributed by atoms with Gasteiger partial charge in [-0.15, -0.1) is 0 Å². The van der Waals surface area contributed by atoms with Crippen LogP contribution in [0.5, 0.6) is 0 Å². The molecule has 1 aromatic carbocycles. The normalized spacial score (nSPS) is 10.2. The molecular weight excluding hydrogens is 264 g/mol. The first-order valence-corrected chi connectivity index (χ1v) is 5.18. The van der Waals surface area contributed by atoms with Gasteiger partial charge >= 0.3 is 0 Å². The van der Waals surface area contributed by atoms with Crippen molar-refractivity contribution in [1.29, 1.82) is 0 Å². The molecule has 0 aliphatic heterocycles. The van der Waals surface area contributed by atoms with Crippen LogP contribution in [0.3, 0.4) is 0 Å². The van der Waals surface area contributed by atoms with Gasteiger partial charge in [0.05, 0.1) is 12.4 Å². The summed E-state index contributed by atoms with van der Waals surface area (Å²) in [4.78, 5) is 19.0. The molecule has 1 amide bonds. The highest BCUT2D eigenvalue weighted by molar-refractivity contribution is 6.29. The predicted molar refractivity (Wildman–Crippen MR) is 61.4 cm³/mol. The number of aromatic nitrogens is 2. The van der Waals surface area contributed by atoms with Crippen molar-refractivity contribution in [2.75, 3.05) is 5.32 Å². The second-order valence-corrected chi connectivity index (χ2v) is 3.67. The fourth-order valence-electron chi connectivity index (χ4n) is 1.25. The molecule has 0 saturated carbocycles. The first-order valence-electron chi connectivity index (χ1n) is 4.81. The van der Waals surface area contributed by atoms with Gasteiger partial charge in [-0.3, -0.25) is 9.78 Å². The van der Waals surface area contributed by atoms with Gasteiger partial charge in [0.2, 0.25) is 0 Å². The number of anilines is 1. The number of benzene rings is 1. The van der Waals surface area contributed by atoms with Gasteiger partial charge in [-0.2, -0.15) is 0 Å². The van der Waals surface area contributed by atoms with Crippen LogP contribution in [-0.4, -0.2) is 15.9 Å². The highest BCUT2D eigenvalue weighted by Gasteiger charge is 2.14. The van der Waals surface area contributed by atoms with E-state index in [1.165, 1.54) is 12.3 Å². The van der Waals surface area contributed by atoms with Crippen molar-refractivity contribution in [3.8, 4) is 0 Å². The quantitative estimate of drug-likeness (QED) is 0.912. The highest BCUT2D eigenvalue weighted by Crippen LogP contribution is 2.18. The van der Waals surface area contributed by atoms with Crippen LogP contribution in [0.25, 0.3) is 0 Å². The van der Waals surface area contributed by atoms with Crippen LogP contribution in [0.15, 0.2) is 30.6 Å². The number of para-hydroxylation sites is 1. The fourth-order valence-corrected chi connectivity index (χ4v) is 1.39. The standard InChI is InChI=1S/C11H6ClF2N3O/c12-9-5-15-4-8(16-9)11(18)17-10-6(13)2-1-3-7(10)14/h1-5H,(H,17,18). The maximum Gasteiger partial charge on any atom is 0.276 e. The van der Waals surface area contributed by atoms with E-state index >= 15 is 0 Å². The Hall–Kier alpha value is -2.08. The Morgan fingerprint density at radius 2 is 1.89 bits per heavy atom. The zero-order valence-electron chi connectivity index (χ0n) is 8.82. The molecule has 0 atom stereocenters. The molecule has 1 heterocycles. The largest absolute Gasteiger partial charge is 0.316 e. The molecule has 0 aliphatic carbocycles. The van der Waals surface area contributed by atoms with Gasteiger partial charge in [0.1, 0.15) is 28.2 Å². The fraction of sp³-hybridized carbons (Fsp3) is 0. The number of carbonyl (C=O) groups excluding carboxylic acids is 1. The summed E-state index contributed by atoms with van der Waals surface area (Å²) in [7, 11) is 0. The molecule has 18 heavy (non-hydrogen) atoms. The van der Waals surface area contributed by atoms with Gasteiger partial charge in [-0.05, 0) is 12.1 Å². The van der Waals surface area contributed by atoms with E-state index in [1.54, 1.807) is 0 Å². The average molecular weight is 270 g/mol. The Kier molecular flexibility index (Phi) is 3.47. The lowest BCUT2D eigenvalue weighted by Crippen LogP contribution is -2.16. The SMILES string of the molecule is O=C(Nc1c(F)cccc1F)c1cncc(Cl)n1. The number of rotatable bonds is 2. The van der Waals surface area contributed by atoms with E-state index < -0.39 is 23.2 Å². The predicted octanol–water partition coefficient (Wildman–Crippen LogP) is 2.66. The van der Waals surface area contributed by atoms with Crippen LogP contribution in [0.1, 0.15) is 10.5 Å². The number of hydrogen-bond donors (Lipinski definition) is 1. The minimum Gasteiger partial charge on any atom is -0.316 e. The Bertz CT molecular complexity index is 586. The Morgan fingerprint density at radius 3 is 2.50 bits per heavy atom. The summed E-state index contributed by atoms with van der Waals surface area (Å²) < 4.78 is 26.6. The van der Waals surface area contributed by atoms with Crippen LogP contribution in [0, 0.1) is 11.6 Å². The average Bonchev–Trinajstić information content (AvgIpc) is 2.34. The topological polar surface area (TPSA) is 54.9 Å². The minimum absolute atomic E-state index is 0.0108. The molecule has 4 nitrogen and oxygen atoms in total. The van der Waals surface area contributed by atoms with Gasteiger partial charge < -0.3 is 5.32 Å². The van der Waals surface area contributed by atoms with E-state index in [0.717, 1.165) is 18.3 Å². The first kappa shape index (κ1) is 12.4.